The molecule has 2 fully saturated rings. The van der Waals surface area contributed by atoms with Crippen LogP contribution in [0.1, 0.15) is 11.7 Å². The second kappa shape index (κ2) is 10.3. The number of ether oxygens (including phenoxy) is 4. The van der Waals surface area contributed by atoms with Crippen molar-refractivity contribution in [2.75, 3.05) is 26.9 Å². The average Bonchev–Trinajstić information content (AvgIpc) is 3.21. The highest BCUT2D eigenvalue weighted by Gasteiger charge is 2.50. The number of benzene rings is 2. The Balaban J connectivity index is 1.51. The summed E-state index contributed by atoms with van der Waals surface area (Å²) in [5.41, 5.74) is -3.60. The Morgan fingerprint density at radius 2 is 1.70 bits per heavy atom. The molecule has 3 aromatic rings. The van der Waals surface area contributed by atoms with E-state index >= 15 is 0 Å². The van der Waals surface area contributed by atoms with Crippen molar-refractivity contribution >= 4 is 21.9 Å². The first kappa shape index (κ1) is 28.3. The molecule has 5 rings (SSSR count). The molecule has 0 bridgehead atoms. The Hall–Kier alpha value is -3.25. The number of aromatic hydroxyl groups is 3. The second-order valence-electron chi connectivity index (χ2n) is 9.77. The Kier molecular flexibility index (Phi) is 7.28. The molecule has 2 aliphatic heterocycles. The molecule has 15 nitrogen and oxygen atoms in total. The van der Waals surface area contributed by atoms with Gasteiger partial charge in [-0.15, -0.1) is 0 Å². The van der Waals surface area contributed by atoms with E-state index < -0.39 is 96.2 Å². The molecule has 0 spiro atoms. The average molecular weight is 568 g/mol. The fourth-order valence-electron chi connectivity index (χ4n) is 4.91. The number of hydrogen-bond acceptors (Lipinski definition) is 15. The van der Waals surface area contributed by atoms with Crippen molar-refractivity contribution in [3.8, 4) is 23.0 Å². The van der Waals surface area contributed by atoms with Gasteiger partial charge in [0.05, 0.1) is 37.9 Å². The maximum atomic E-state index is 13.3. The van der Waals surface area contributed by atoms with E-state index in [-0.39, 0.29) is 28.1 Å². The molecular formula is C25H28O15. The van der Waals surface area contributed by atoms with Gasteiger partial charge < -0.3 is 69.3 Å². The Morgan fingerprint density at radius 1 is 1.00 bits per heavy atom. The smallest absolute Gasteiger partial charge is 0.204 e. The van der Waals surface area contributed by atoms with Crippen molar-refractivity contribution in [2.45, 2.75) is 48.5 Å². The summed E-state index contributed by atoms with van der Waals surface area (Å²) in [6, 6.07) is 3.29. The molecule has 0 amide bonds. The van der Waals surface area contributed by atoms with Crippen LogP contribution in [0.15, 0.2) is 27.4 Å². The maximum absolute atomic E-state index is 13.3. The van der Waals surface area contributed by atoms with Crippen LogP contribution in [0.5, 0.6) is 23.0 Å². The molecule has 40 heavy (non-hydrogen) atoms. The summed E-state index contributed by atoms with van der Waals surface area (Å²) in [4.78, 5) is 13.3. The summed E-state index contributed by atoms with van der Waals surface area (Å²) in [6.45, 7) is -1.84. The molecule has 2 aromatic carbocycles. The molecule has 0 unspecified atom stereocenters. The lowest BCUT2D eigenvalue weighted by atomic mass is 9.89. The summed E-state index contributed by atoms with van der Waals surface area (Å²) in [7, 11) is 1.27. The second-order valence-corrected chi connectivity index (χ2v) is 9.77. The molecule has 0 saturated carbocycles. The number of methoxy groups -OCH3 is 1. The minimum Gasteiger partial charge on any atom is -0.507 e. The van der Waals surface area contributed by atoms with Crippen LogP contribution in [0.2, 0.25) is 0 Å². The fraction of sp³-hybridized carbons (Fsp3) is 0.480. The molecule has 8 atom stereocenters. The van der Waals surface area contributed by atoms with E-state index in [4.69, 9.17) is 23.4 Å². The zero-order chi connectivity index (χ0) is 29.1. The van der Waals surface area contributed by atoms with Gasteiger partial charge in [0.25, 0.3) is 0 Å². The Labute approximate surface area is 224 Å². The van der Waals surface area contributed by atoms with Gasteiger partial charge in [-0.2, -0.15) is 0 Å². The lowest BCUT2D eigenvalue weighted by molar-refractivity contribution is -0.253. The van der Waals surface area contributed by atoms with E-state index in [9.17, 15) is 50.8 Å². The third kappa shape index (κ3) is 4.41. The third-order valence-corrected chi connectivity index (χ3v) is 7.26. The molecule has 3 heterocycles. The standard InChI is InChI=1S/C25H28O15/c1-36-12-2-8-11(3-9(12)27)39-13-4-10(28)15(19(31)16(13)17(8)29)22-21(33)20(32)18(30)14(40-22)5-37-24-23(34)25(35,6-26)7-38-24/h2-4,14,18,20-24,26-28,30-35H,5-7H2,1H3/t14-,18-,20+,21-,22+,23+,24-,25-/m0/s1. The summed E-state index contributed by atoms with van der Waals surface area (Å²) in [6.07, 6.45) is -11.8. The van der Waals surface area contributed by atoms with Crippen LogP contribution >= 0.6 is 0 Å². The molecule has 0 radical (unpaired) electrons. The maximum Gasteiger partial charge on any atom is 0.204 e. The largest absolute Gasteiger partial charge is 0.507 e. The van der Waals surface area contributed by atoms with Gasteiger partial charge in [-0.1, -0.05) is 0 Å². The number of fused-ring (bicyclic) bond motifs is 2. The van der Waals surface area contributed by atoms with Gasteiger partial charge in [0.1, 0.15) is 70.3 Å². The van der Waals surface area contributed by atoms with Gasteiger partial charge in [-0.05, 0) is 6.07 Å². The van der Waals surface area contributed by atoms with Crippen molar-refractivity contribution in [3.05, 3.63) is 34.0 Å². The molecule has 0 aliphatic carbocycles. The van der Waals surface area contributed by atoms with Crippen LogP contribution < -0.4 is 10.2 Å². The zero-order valence-corrected chi connectivity index (χ0v) is 20.9. The zero-order valence-electron chi connectivity index (χ0n) is 20.9. The van der Waals surface area contributed by atoms with Crippen molar-refractivity contribution in [1.29, 1.82) is 0 Å². The summed E-state index contributed by atoms with van der Waals surface area (Å²) >= 11 is 0. The first-order valence-electron chi connectivity index (χ1n) is 12.1. The minimum absolute atomic E-state index is 0.0441. The molecule has 9 N–H and O–H groups in total. The van der Waals surface area contributed by atoms with Gasteiger partial charge in [0.15, 0.2) is 17.8 Å². The van der Waals surface area contributed by atoms with Crippen molar-refractivity contribution < 1.29 is 69.3 Å². The van der Waals surface area contributed by atoms with Crippen LogP contribution in [0, 0.1) is 0 Å². The summed E-state index contributed by atoms with van der Waals surface area (Å²) in [5, 5.41) is 92.6. The predicted molar refractivity (Wildman–Crippen MR) is 131 cm³/mol. The predicted octanol–water partition coefficient (Wildman–Crippen LogP) is -1.95. The number of aliphatic hydroxyl groups excluding tert-OH is 5. The first-order chi connectivity index (χ1) is 18.9. The number of phenols is 3. The van der Waals surface area contributed by atoms with Crippen LogP contribution in [-0.4, -0.2) is 115 Å². The van der Waals surface area contributed by atoms with E-state index in [1.54, 1.807) is 0 Å². The van der Waals surface area contributed by atoms with Gasteiger partial charge >= 0.3 is 0 Å². The van der Waals surface area contributed by atoms with E-state index in [0.717, 1.165) is 12.1 Å². The molecule has 2 aliphatic rings. The van der Waals surface area contributed by atoms with Gasteiger partial charge in [0, 0.05) is 12.1 Å². The van der Waals surface area contributed by atoms with Crippen molar-refractivity contribution in [2.24, 2.45) is 0 Å². The highest BCUT2D eigenvalue weighted by Crippen LogP contribution is 2.45. The Morgan fingerprint density at radius 3 is 2.35 bits per heavy atom. The number of phenolic OH excluding ortho intramolecular Hbond substituents is 3. The van der Waals surface area contributed by atoms with Gasteiger partial charge in [-0.25, -0.2) is 0 Å². The third-order valence-electron chi connectivity index (χ3n) is 7.26. The lowest BCUT2D eigenvalue weighted by Crippen LogP contribution is -2.56. The van der Waals surface area contributed by atoms with Crippen molar-refractivity contribution in [3.63, 3.8) is 0 Å². The Bertz CT molecular complexity index is 1490. The molecule has 1 aromatic heterocycles. The van der Waals surface area contributed by atoms with Gasteiger partial charge in [0.2, 0.25) is 5.43 Å². The van der Waals surface area contributed by atoms with E-state index in [1.807, 2.05) is 0 Å². The van der Waals surface area contributed by atoms with E-state index in [0.29, 0.717) is 0 Å². The molecule has 218 valence electrons. The van der Waals surface area contributed by atoms with Crippen LogP contribution in [0.3, 0.4) is 0 Å². The highest BCUT2D eigenvalue weighted by molar-refractivity contribution is 5.96. The van der Waals surface area contributed by atoms with E-state index in [1.165, 1.54) is 13.2 Å². The van der Waals surface area contributed by atoms with E-state index in [2.05, 4.69) is 0 Å². The van der Waals surface area contributed by atoms with Crippen LogP contribution in [0.4, 0.5) is 0 Å². The number of aliphatic hydroxyl groups is 6. The highest BCUT2D eigenvalue weighted by atomic mass is 16.7. The minimum atomic E-state index is -1.98. The topological polar surface area (TPSA) is 249 Å². The number of rotatable bonds is 6. The molecular weight excluding hydrogens is 540 g/mol. The van der Waals surface area contributed by atoms with Crippen molar-refractivity contribution in [1.82, 2.24) is 0 Å². The summed E-state index contributed by atoms with van der Waals surface area (Å²) < 4.78 is 26.8. The molecule has 15 heteroatoms. The fourth-order valence-corrected chi connectivity index (χ4v) is 4.91. The quantitative estimate of drug-likeness (QED) is 0.147. The monoisotopic (exact) mass is 568 g/mol. The normalized spacial score (nSPS) is 32.6. The first-order valence-corrected chi connectivity index (χ1v) is 12.1. The molecule has 2 saturated heterocycles. The van der Waals surface area contributed by atoms with Gasteiger partial charge in [-0.3, -0.25) is 4.79 Å². The number of hydrogen-bond donors (Lipinski definition) is 9. The summed E-state index contributed by atoms with van der Waals surface area (Å²) in [5.74, 6) is -1.90. The SMILES string of the molecule is COc1cc2c(=O)c3c(O)c([C@H]4O[C@@H](CO[C@H]5OC[C@@](O)(CO)[C@@H]5O)[C@H](O)[C@@H](O)[C@@H]4O)c(O)cc3oc2cc1O. The van der Waals surface area contributed by atoms with Crippen LogP contribution in [-0.2, 0) is 14.2 Å². The lowest BCUT2D eigenvalue weighted by Gasteiger charge is -2.41. The van der Waals surface area contributed by atoms with Crippen LogP contribution in [0.25, 0.3) is 21.9 Å².